The van der Waals surface area contributed by atoms with Crippen LogP contribution < -0.4 is 10.9 Å². The van der Waals surface area contributed by atoms with Gasteiger partial charge in [-0.1, -0.05) is 0 Å². The molecule has 1 aromatic carbocycles. The topological polar surface area (TPSA) is 92.7 Å². The Balaban J connectivity index is 1.66. The van der Waals surface area contributed by atoms with Gasteiger partial charge < -0.3 is 5.32 Å². The molecule has 3 heterocycles. The minimum absolute atomic E-state index is 0.0864. The number of carbonyl (C=O) groups is 1. The standard InChI is InChI=1S/C20H15F2N5O2/c1-11-6-8-27(16-9-12(21)4-5-14(16)22)20(29)17(11)19(28)24-10-15-13-3-2-7-23-18(13)26-25-15/h2-9H,10H2,1H3,(H,24,28)(H,23,25,26). The predicted molar refractivity (Wildman–Crippen MR) is 102 cm³/mol. The molecule has 0 bridgehead atoms. The van der Waals surface area contributed by atoms with Gasteiger partial charge in [0, 0.05) is 23.8 Å². The Morgan fingerprint density at radius 1 is 1.24 bits per heavy atom. The van der Waals surface area contributed by atoms with Crippen LogP contribution in [0.5, 0.6) is 0 Å². The Kier molecular flexibility index (Phi) is 4.63. The zero-order valence-electron chi connectivity index (χ0n) is 15.2. The molecule has 0 aliphatic rings. The molecule has 0 unspecified atom stereocenters. The Hall–Kier alpha value is -3.88. The largest absolute Gasteiger partial charge is 0.346 e. The second-order valence-corrected chi connectivity index (χ2v) is 6.40. The summed E-state index contributed by atoms with van der Waals surface area (Å²) in [5, 5.41) is 10.3. The van der Waals surface area contributed by atoms with E-state index in [9.17, 15) is 18.4 Å². The van der Waals surface area contributed by atoms with Gasteiger partial charge in [0.05, 0.1) is 17.9 Å². The molecule has 2 N–H and O–H groups in total. The Bertz CT molecular complexity index is 1300. The number of aromatic nitrogens is 4. The fourth-order valence-electron chi connectivity index (χ4n) is 3.06. The quantitative estimate of drug-likeness (QED) is 0.556. The van der Waals surface area contributed by atoms with E-state index in [1.807, 2.05) is 0 Å². The highest BCUT2D eigenvalue weighted by Crippen LogP contribution is 2.15. The van der Waals surface area contributed by atoms with E-state index in [0.29, 0.717) is 16.9 Å². The van der Waals surface area contributed by atoms with Gasteiger partial charge in [0.25, 0.3) is 11.5 Å². The van der Waals surface area contributed by atoms with Crippen molar-refractivity contribution < 1.29 is 13.6 Å². The van der Waals surface area contributed by atoms with Gasteiger partial charge in [-0.15, -0.1) is 0 Å². The number of pyridine rings is 2. The van der Waals surface area contributed by atoms with Crippen LogP contribution >= 0.6 is 0 Å². The molecule has 4 aromatic rings. The van der Waals surface area contributed by atoms with Crippen LogP contribution in [0.4, 0.5) is 8.78 Å². The van der Waals surface area contributed by atoms with Crippen molar-refractivity contribution in [2.24, 2.45) is 0 Å². The summed E-state index contributed by atoms with van der Waals surface area (Å²) in [6.45, 7) is 1.68. The maximum Gasteiger partial charge on any atom is 0.268 e. The fraction of sp³-hybridized carbons (Fsp3) is 0.100. The van der Waals surface area contributed by atoms with Gasteiger partial charge in [-0.05, 0) is 42.8 Å². The highest BCUT2D eigenvalue weighted by atomic mass is 19.1. The van der Waals surface area contributed by atoms with E-state index in [1.165, 1.54) is 12.3 Å². The number of fused-ring (bicyclic) bond motifs is 1. The van der Waals surface area contributed by atoms with Crippen LogP contribution in [-0.4, -0.2) is 25.7 Å². The average Bonchev–Trinajstić information content (AvgIpc) is 3.12. The molecule has 0 aliphatic carbocycles. The number of nitrogens with zero attached hydrogens (tertiary/aromatic N) is 3. The number of hydrogen-bond donors (Lipinski definition) is 2. The third kappa shape index (κ3) is 3.38. The summed E-state index contributed by atoms with van der Waals surface area (Å²) in [5.74, 6) is -2.11. The van der Waals surface area contributed by atoms with Gasteiger partial charge in [-0.2, -0.15) is 5.10 Å². The molecule has 0 fully saturated rings. The number of H-pyrrole nitrogens is 1. The minimum Gasteiger partial charge on any atom is -0.346 e. The van der Waals surface area contributed by atoms with Crippen LogP contribution in [0.3, 0.4) is 0 Å². The third-order valence-corrected chi connectivity index (χ3v) is 4.53. The summed E-state index contributed by atoms with van der Waals surface area (Å²) in [4.78, 5) is 29.7. The van der Waals surface area contributed by atoms with Crippen molar-refractivity contribution in [2.45, 2.75) is 13.5 Å². The van der Waals surface area contributed by atoms with E-state index in [2.05, 4.69) is 20.5 Å². The van der Waals surface area contributed by atoms with E-state index < -0.39 is 23.1 Å². The Morgan fingerprint density at radius 2 is 2.07 bits per heavy atom. The number of nitrogens with one attached hydrogen (secondary N) is 2. The van der Waals surface area contributed by atoms with Crippen LogP contribution in [0.2, 0.25) is 0 Å². The molecule has 0 aliphatic heterocycles. The minimum atomic E-state index is -0.778. The highest BCUT2D eigenvalue weighted by molar-refractivity contribution is 5.95. The van der Waals surface area contributed by atoms with Crippen molar-refractivity contribution in [2.75, 3.05) is 0 Å². The van der Waals surface area contributed by atoms with E-state index >= 15 is 0 Å². The molecule has 146 valence electrons. The van der Waals surface area contributed by atoms with E-state index in [-0.39, 0.29) is 17.8 Å². The van der Waals surface area contributed by atoms with E-state index in [1.54, 1.807) is 25.3 Å². The van der Waals surface area contributed by atoms with Crippen molar-refractivity contribution in [3.05, 3.63) is 87.6 Å². The Morgan fingerprint density at radius 3 is 2.90 bits per heavy atom. The van der Waals surface area contributed by atoms with Gasteiger partial charge >= 0.3 is 0 Å². The molecule has 7 nitrogen and oxygen atoms in total. The van der Waals surface area contributed by atoms with Gasteiger partial charge in [-0.3, -0.25) is 19.3 Å². The second-order valence-electron chi connectivity index (χ2n) is 6.40. The maximum atomic E-state index is 14.1. The number of benzene rings is 1. The van der Waals surface area contributed by atoms with Crippen molar-refractivity contribution in [3.63, 3.8) is 0 Å². The molecular weight excluding hydrogens is 380 g/mol. The summed E-state index contributed by atoms with van der Waals surface area (Å²) >= 11 is 0. The van der Waals surface area contributed by atoms with Crippen molar-refractivity contribution in [1.29, 1.82) is 0 Å². The normalized spacial score (nSPS) is 11.0. The Labute approximate surface area is 163 Å². The number of aromatic amines is 1. The lowest BCUT2D eigenvalue weighted by Gasteiger charge is -2.12. The van der Waals surface area contributed by atoms with Crippen molar-refractivity contribution in [1.82, 2.24) is 25.1 Å². The first-order chi connectivity index (χ1) is 14.0. The first kappa shape index (κ1) is 18.5. The van der Waals surface area contributed by atoms with Crippen molar-refractivity contribution in [3.8, 4) is 5.69 Å². The summed E-state index contributed by atoms with van der Waals surface area (Å²) in [6, 6.07) is 7.83. The molecule has 4 rings (SSSR count). The number of aryl methyl sites for hydroxylation is 1. The summed E-state index contributed by atoms with van der Waals surface area (Å²) in [6.07, 6.45) is 2.91. The highest BCUT2D eigenvalue weighted by Gasteiger charge is 2.18. The van der Waals surface area contributed by atoms with Crippen LogP contribution in [0, 0.1) is 18.6 Å². The summed E-state index contributed by atoms with van der Waals surface area (Å²) in [5.41, 5.74) is 0.385. The number of rotatable bonds is 4. The first-order valence-electron chi connectivity index (χ1n) is 8.69. The van der Waals surface area contributed by atoms with Gasteiger partial charge in [0.15, 0.2) is 5.65 Å². The molecule has 0 spiro atoms. The van der Waals surface area contributed by atoms with Crippen molar-refractivity contribution >= 4 is 16.9 Å². The molecular formula is C20H15F2N5O2. The zero-order valence-corrected chi connectivity index (χ0v) is 15.2. The zero-order chi connectivity index (χ0) is 20.5. The number of halogens is 2. The second kappa shape index (κ2) is 7.27. The number of amides is 1. The van der Waals surface area contributed by atoms with E-state index in [4.69, 9.17) is 0 Å². The molecule has 0 saturated carbocycles. The summed E-state index contributed by atoms with van der Waals surface area (Å²) < 4.78 is 28.6. The van der Waals surface area contributed by atoms with Gasteiger partial charge in [0.1, 0.15) is 17.2 Å². The third-order valence-electron chi connectivity index (χ3n) is 4.53. The molecule has 0 atom stereocenters. The lowest BCUT2D eigenvalue weighted by molar-refractivity contribution is 0.0948. The molecule has 29 heavy (non-hydrogen) atoms. The molecule has 3 aromatic heterocycles. The SMILES string of the molecule is Cc1ccn(-c2cc(F)ccc2F)c(=O)c1C(=O)NCc1[nH]nc2ncccc12. The van der Waals surface area contributed by atoms with Gasteiger partial charge in [0.2, 0.25) is 0 Å². The van der Waals surface area contributed by atoms with Crippen LogP contribution in [0.25, 0.3) is 16.7 Å². The monoisotopic (exact) mass is 395 g/mol. The van der Waals surface area contributed by atoms with Crippen LogP contribution in [0.15, 0.2) is 53.6 Å². The molecule has 0 radical (unpaired) electrons. The first-order valence-corrected chi connectivity index (χ1v) is 8.69. The van der Waals surface area contributed by atoms with Crippen LogP contribution in [0.1, 0.15) is 21.6 Å². The maximum absolute atomic E-state index is 14.1. The van der Waals surface area contributed by atoms with Crippen LogP contribution in [-0.2, 0) is 6.54 Å². The van der Waals surface area contributed by atoms with E-state index in [0.717, 1.165) is 28.2 Å². The average molecular weight is 395 g/mol. The molecule has 1 amide bonds. The number of hydrogen-bond acceptors (Lipinski definition) is 4. The van der Waals surface area contributed by atoms with Gasteiger partial charge in [-0.25, -0.2) is 13.8 Å². The fourth-order valence-corrected chi connectivity index (χ4v) is 3.06. The lowest BCUT2D eigenvalue weighted by Crippen LogP contribution is -2.33. The molecule has 0 saturated heterocycles. The lowest BCUT2D eigenvalue weighted by atomic mass is 10.1. The number of carbonyl (C=O) groups excluding carboxylic acids is 1. The predicted octanol–water partition coefficient (Wildman–Crippen LogP) is 2.63. The molecule has 9 heteroatoms. The summed E-state index contributed by atoms with van der Waals surface area (Å²) in [7, 11) is 0. The smallest absolute Gasteiger partial charge is 0.268 e.